The number of nitrogens with zero attached hydrogens (tertiary/aromatic N) is 2. The van der Waals surface area contributed by atoms with Gasteiger partial charge in [-0.25, -0.2) is 0 Å². The highest BCUT2D eigenvalue weighted by Crippen LogP contribution is 2.28. The van der Waals surface area contributed by atoms with E-state index in [4.69, 9.17) is 0 Å². The number of hydrogen-bond donors (Lipinski definition) is 1. The highest BCUT2D eigenvalue weighted by molar-refractivity contribution is 5.62. The van der Waals surface area contributed by atoms with E-state index < -0.39 is 0 Å². The Kier molecular flexibility index (Phi) is 5.56. The van der Waals surface area contributed by atoms with Crippen molar-refractivity contribution in [3.63, 3.8) is 0 Å². The zero-order valence-corrected chi connectivity index (χ0v) is 13.0. The summed E-state index contributed by atoms with van der Waals surface area (Å²) in [5.41, 5.74) is 1.82. The van der Waals surface area contributed by atoms with Crippen LogP contribution in [0.3, 0.4) is 0 Å². The van der Waals surface area contributed by atoms with Crippen LogP contribution in [0.2, 0.25) is 0 Å². The molecule has 0 bridgehead atoms. The van der Waals surface area contributed by atoms with Crippen LogP contribution in [0.4, 0.5) is 11.4 Å². The van der Waals surface area contributed by atoms with Gasteiger partial charge in [-0.2, -0.15) is 0 Å². The highest BCUT2D eigenvalue weighted by Gasteiger charge is 2.22. The molecule has 0 aliphatic carbocycles. The van der Waals surface area contributed by atoms with E-state index in [0.717, 1.165) is 31.1 Å². The predicted molar refractivity (Wildman–Crippen MR) is 85.6 cm³/mol. The third kappa shape index (κ3) is 4.17. The summed E-state index contributed by atoms with van der Waals surface area (Å²) in [6.07, 6.45) is 3.78. The van der Waals surface area contributed by atoms with Gasteiger partial charge in [0, 0.05) is 25.7 Å². The smallest absolute Gasteiger partial charge is 0.292 e. The molecule has 116 valence electrons. The number of nitro groups is 1. The number of hydrogen-bond acceptors (Lipinski definition) is 4. The van der Waals surface area contributed by atoms with Gasteiger partial charge in [-0.15, -0.1) is 0 Å². The topological polar surface area (TPSA) is 58.4 Å². The molecule has 1 atom stereocenters. The van der Waals surface area contributed by atoms with Gasteiger partial charge in [0.25, 0.3) is 5.69 Å². The van der Waals surface area contributed by atoms with Gasteiger partial charge in [0.15, 0.2) is 0 Å². The van der Waals surface area contributed by atoms with Gasteiger partial charge in [0.1, 0.15) is 5.69 Å². The monoisotopic (exact) mass is 291 g/mol. The van der Waals surface area contributed by atoms with E-state index in [1.807, 2.05) is 19.1 Å². The highest BCUT2D eigenvalue weighted by atomic mass is 16.6. The summed E-state index contributed by atoms with van der Waals surface area (Å²) in [5.74, 6) is 0.797. The zero-order valence-electron chi connectivity index (χ0n) is 13.0. The largest absolute Gasteiger partial charge is 0.380 e. The molecule has 1 aromatic rings. The molecule has 2 rings (SSSR count). The number of benzene rings is 1. The summed E-state index contributed by atoms with van der Waals surface area (Å²) in [6, 6.07) is 5.54. The maximum atomic E-state index is 11.2. The Labute approximate surface area is 126 Å². The van der Waals surface area contributed by atoms with E-state index in [2.05, 4.69) is 17.1 Å². The second-order valence-corrected chi connectivity index (χ2v) is 5.82. The van der Waals surface area contributed by atoms with Crippen molar-refractivity contribution in [3.05, 3.63) is 33.9 Å². The molecule has 0 amide bonds. The first kappa shape index (κ1) is 15.8. The molecule has 1 N–H and O–H groups in total. The lowest BCUT2D eigenvalue weighted by molar-refractivity contribution is -0.384. The quantitative estimate of drug-likeness (QED) is 0.615. The second kappa shape index (κ2) is 7.41. The minimum atomic E-state index is -0.300. The molecule has 0 spiro atoms. The molecule has 1 heterocycles. The predicted octanol–water partition coefficient (Wildman–Crippen LogP) is 3.65. The van der Waals surface area contributed by atoms with Crippen LogP contribution < -0.4 is 5.32 Å². The number of rotatable bonds is 7. The van der Waals surface area contributed by atoms with Crippen LogP contribution in [0.25, 0.3) is 0 Å². The van der Waals surface area contributed by atoms with Crippen molar-refractivity contribution in [2.75, 3.05) is 25.0 Å². The van der Waals surface area contributed by atoms with Crippen LogP contribution in [0, 0.1) is 16.0 Å². The van der Waals surface area contributed by atoms with Crippen molar-refractivity contribution in [1.29, 1.82) is 0 Å². The fourth-order valence-corrected chi connectivity index (χ4v) is 3.13. The van der Waals surface area contributed by atoms with Gasteiger partial charge in [-0.3, -0.25) is 15.0 Å². The molecule has 1 unspecified atom stereocenters. The lowest BCUT2D eigenvalue weighted by Crippen LogP contribution is -2.20. The Hall–Kier alpha value is -1.62. The average Bonchev–Trinajstić information content (AvgIpc) is 2.88. The summed E-state index contributed by atoms with van der Waals surface area (Å²) >= 11 is 0. The van der Waals surface area contributed by atoms with Crippen molar-refractivity contribution in [2.45, 2.75) is 39.7 Å². The minimum absolute atomic E-state index is 0.179. The molecule has 0 aromatic heterocycles. The Bertz CT molecular complexity index is 490. The van der Waals surface area contributed by atoms with E-state index in [-0.39, 0.29) is 10.6 Å². The van der Waals surface area contributed by atoms with Crippen LogP contribution in [0.15, 0.2) is 18.2 Å². The molecule has 1 fully saturated rings. The first-order valence-corrected chi connectivity index (χ1v) is 7.87. The third-order valence-corrected chi connectivity index (χ3v) is 4.10. The van der Waals surface area contributed by atoms with E-state index in [1.54, 1.807) is 6.07 Å². The van der Waals surface area contributed by atoms with E-state index in [9.17, 15) is 10.1 Å². The van der Waals surface area contributed by atoms with Gasteiger partial charge in [-0.1, -0.05) is 19.4 Å². The van der Waals surface area contributed by atoms with Crippen molar-refractivity contribution < 1.29 is 4.92 Å². The maximum Gasteiger partial charge on any atom is 0.292 e. The normalized spacial score (nSPS) is 18.9. The molecule has 0 radical (unpaired) electrons. The first-order chi connectivity index (χ1) is 10.1. The van der Waals surface area contributed by atoms with Crippen LogP contribution in [0.5, 0.6) is 0 Å². The van der Waals surface area contributed by atoms with Crippen LogP contribution >= 0.6 is 0 Å². The van der Waals surface area contributed by atoms with E-state index in [0.29, 0.717) is 12.2 Å². The van der Waals surface area contributed by atoms with Gasteiger partial charge in [0.2, 0.25) is 0 Å². The van der Waals surface area contributed by atoms with Crippen molar-refractivity contribution in [1.82, 2.24) is 4.90 Å². The average molecular weight is 291 g/mol. The summed E-state index contributed by atoms with van der Waals surface area (Å²) in [7, 11) is 0. The Morgan fingerprint density at radius 2 is 2.24 bits per heavy atom. The summed E-state index contributed by atoms with van der Waals surface area (Å²) in [4.78, 5) is 13.3. The van der Waals surface area contributed by atoms with Crippen LogP contribution in [-0.2, 0) is 6.54 Å². The first-order valence-electron chi connectivity index (χ1n) is 7.87. The lowest BCUT2D eigenvalue weighted by Gasteiger charge is -2.16. The molecule has 1 saturated heterocycles. The molecule has 5 heteroatoms. The third-order valence-electron chi connectivity index (χ3n) is 4.10. The SMILES string of the molecule is CCCC1CCN(Cc2ccc(NCC)c([N+](=O)[O-])c2)C1. The van der Waals surface area contributed by atoms with E-state index >= 15 is 0 Å². The summed E-state index contributed by atoms with van der Waals surface area (Å²) in [6.45, 7) is 7.89. The summed E-state index contributed by atoms with van der Waals surface area (Å²) in [5, 5.41) is 14.2. The molecule has 1 aromatic carbocycles. The Morgan fingerprint density at radius 3 is 2.90 bits per heavy atom. The molecule has 0 saturated carbocycles. The van der Waals surface area contributed by atoms with Crippen LogP contribution in [0.1, 0.15) is 38.7 Å². The van der Waals surface area contributed by atoms with Gasteiger partial charge >= 0.3 is 0 Å². The van der Waals surface area contributed by atoms with Gasteiger partial charge in [0.05, 0.1) is 4.92 Å². The van der Waals surface area contributed by atoms with E-state index in [1.165, 1.54) is 19.3 Å². The molecule has 1 aliphatic rings. The van der Waals surface area contributed by atoms with Crippen molar-refractivity contribution in [2.24, 2.45) is 5.92 Å². The number of nitro benzene ring substituents is 1. The fourth-order valence-electron chi connectivity index (χ4n) is 3.13. The standard InChI is InChI=1S/C16H25N3O2/c1-3-5-13-8-9-18(11-13)12-14-6-7-15(17-4-2)16(10-14)19(20)21/h6-7,10,13,17H,3-5,8-9,11-12H2,1-2H3. The zero-order chi connectivity index (χ0) is 15.2. The van der Waals surface area contributed by atoms with Gasteiger partial charge < -0.3 is 5.32 Å². The fraction of sp³-hybridized carbons (Fsp3) is 0.625. The molecule has 21 heavy (non-hydrogen) atoms. The van der Waals surface area contributed by atoms with Crippen molar-refractivity contribution >= 4 is 11.4 Å². The molecular formula is C16H25N3O2. The lowest BCUT2D eigenvalue weighted by atomic mass is 10.0. The Morgan fingerprint density at radius 1 is 1.43 bits per heavy atom. The molecule has 1 aliphatic heterocycles. The van der Waals surface area contributed by atoms with Gasteiger partial charge in [-0.05, 0) is 43.9 Å². The van der Waals surface area contributed by atoms with Crippen LogP contribution in [-0.4, -0.2) is 29.5 Å². The Balaban J connectivity index is 2.04. The minimum Gasteiger partial charge on any atom is -0.380 e. The maximum absolute atomic E-state index is 11.2. The van der Waals surface area contributed by atoms with Crippen molar-refractivity contribution in [3.8, 4) is 0 Å². The molecule has 5 nitrogen and oxygen atoms in total. The number of anilines is 1. The summed E-state index contributed by atoms with van der Waals surface area (Å²) < 4.78 is 0. The molecular weight excluding hydrogens is 266 g/mol. The number of likely N-dealkylation sites (tertiary alicyclic amines) is 1. The second-order valence-electron chi connectivity index (χ2n) is 5.82. The number of nitrogens with one attached hydrogen (secondary N) is 1.